The molecule has 1 saturated heterocycles. The van der Waals surface area contributed by atoms with Gasteiger partial charge in [-0.15, -0.1) is 0 Å². The molecule has 0 bridgehead atoms. The van der Waals surface area contributed by atoms with Crippen molar-refractivity contribution < 1.29 is 9.59 Å². The maximum absolute atomic E-state index is 12.6. The molecule has 0 aliphatic carbocycles. The molecule has 3 rings (SSSR count). The Bertz CT molecular complexity index is 820. The van der Waals surface area contributed by atoms with Crippen LogP contribution in [0, 0.1) is 0 Å². The van der Waals surface area contributed by atoms with E-state index in [1.165, 1.54) is 0 Å². The molecule has 1 heterocycles. The van der Waals surface area contributed by atoms with E-state index >= 15 is 0 Å². The molecule has 2 aromatic carbocycles. The first-order chi connectivity index (χ1) is 12.0. The lowest BCUT2D eigenvalue weighted by molar-refractivity contribution is 0.0535. The van der Waals surface area contributed by atoms with Crippen LogP contribution >= 0.6 is 39.1 Å². The maximum Gasteiger partial charge on any atom is 0.255 e. The summed E-state index contributed by atoms with van der Waals surface area (Å²) in [4.78, 5) is 28.7. The van der Waals surface area contributed by atoms with Gasteiger partial charge in [-0.25, -0.2) is 0 Å². The van der Waals surface area contributed by atoms with E-state index in [9.17, 15) is 9.59 Å². The fraction of sp³-hybridized carbons (Fsp3) is 0.222. The highest BCUT2D eigenvalue weighted by Gasteiger charge is 2.27. The first kappa shape index (κ1) is 18.2. The van der Waals surface area contributed by atoms with Crippen molar-refractivity contribution in [2.45, 2.75) is 0 Å². The highest BCUT2D eigenvalue weighted by Crippen LogP contribution is 2.23. The molecule has 2 amide bonds. The van der Waals surface area contributed by atoms with Gasteiger partial charge in [0.1, 0.15) is 0 Å². The number of amides is 2. The molecule has 25 heavy (non-hydrogen) atoms. The van der Waals surface area contributed by atoms with Gasteiger partial charge in [-0.05, 0) is 46.3 Å². The van der Waals surface area contributed by atoms with E-state index in [0.717, 1.165) is 4.47 Å². The Kier molecular flexibility index (Phi) is 5.67. The molecule has 0 saturated carbocycles. The molecule has 0 spiro atoms. The summed E-state index contributed by atoms with van der Waals surface area (Å²) in [6.07, 6.45) is 0. The minimum Gasteiger partial charge on any atom is -0.335 e. The third kappa shape index (κ3) is 4.00. The molecule has 0 radical (unpaired) electrons. The van der Waals surface area contributed by atoms with Crippen LogP contribution in [0.15, 0.2) is 46.9 Å². The van der Waals surface area contributed by atoms with Crippen LogP contribution in [0.4, 0.5) is 0 Å². The molecule has 2 aromatic rings. The minimum atomic E-state index is -0.144. The Morgan fingerprint density at radius 1 is 0.840 bits per heavy atom. The lowest BCUT2D eigenvalue weighted by atomic mass is 10.1. The molecule has 0 unspecified atom stereocenters. The third-order valence-corrected chi connectivity index (χ3v) is 5.36. The number of carbonyl (C=O) groups excluding carboxylic acids is 2. The fourth-order valence-electron chi connectivity index (χ4n) is 2.75. The maximum atomic E-state index is 12.6. The van der Waals surface area contributed by atoms with Gasteiger partial charge < -0.3 is 9.80 Å². The van der Waals surface area contributed by atoms with Gasteiger partial charge in [0.25, 0.3) is 11.8 Å². The van der Waals surface area contributed by atoms with E-state index in [4.69, 9.17) is 23.2 Å². The van der Waals surface area contributed by atoms with Crippen molar-refractivity contribution in [2.75, 3.05) is 26.2 Å². The summed E-state index contributed by atoms with van der Waals surface area (Å²) in [5.41, 5.74) is 1.06. The molecule has 7 heteroatoms. The number of carbonyl (C=O) groups is 2. The van der Waals surface area contributed by atoms with E-state index in [0.29, 0.717) is 47.4 Å². The van der Waals surface area contributed by atoms with E-state index in [1.807, 2.05) is 18.2 Å². The fourth-order valence-corrected chi connectivity index (χ4v) is 3.69. The molecular weight excluding hydrogens is 427 g/mol. The second-order valence-corrected chi connectivity index (χ2v) is 7.39. The van der Waals surface area contributed by atoms with E-state index in [2.05, 4.69) is 15.9 Å². The Labute approximate surface area is 164 Å². The van der Waals surface area contributed by atoms with Gasteiger partial charge in [0, 0.05) is 35.7 Å². The van der Waals surface area contributed by atoms with Crippen LogP contribution < -0.4 is 0 Å². The van der Waals surface area contributed by atoms with E-state index in [-0.39, 0.29) is 11.8 Å². The smallest absolute Gasteiger partial charge is 0.255 e. The zero-order valence-electron chi connectivity index (χ0n) is 13.2. The van der Waals surface area contributed by atoms with Gasteiger partial charge in [-0.1, -0.05) is 35.3 Å². The van der Waals surface area contributed by atoms with Gasteiger partial charge in [-0.3, -0.25) is 9.59 Å². The molecule has 0 N–H and O–H groups in total. The Balaban J connectivity index is 1.66. The average molecular weight is 442 g/mol. The van der Waals surface area contributed by atoms with Crippen LogP contribution in [-0.2, 0) is 0 Å². The van der Waals surface area contributed by atoms with Gasteiger partial charge >= 0.3 is 0 Å². The molecule has 1 aliphatic heterocycles. The minimum absolute atomic E-state index is 0.0379. The molecule has 1 fully saturated rings. The van der Waals surface area contributed by atoms with E-state index < -0.39 is 0 Å². The van der Waals surface area contributed by atoms with Crippen molar-refractivity contribution in [1.29, 1.82) is 0 Å². The second-order valence-electron chi connectivity index (χ2n) is 5.69. The summed E-state index contributed by atoms with van der Waals surface area (Å²) in [7, 11) is 0. The number of nitrogens with zero attached hydrogens (tertiary/aromatic N) is 2. The van der Waals surface area contributed by atoms with Crippen molar-refractivity contribution in [3.05, 3.63) is 68.1 Å². The van der Waals surface area contributed by atoms with Crippen LogP contribution in [0.1, 0.15) is 20.7 Å². The van der Waals surface area contributed by atoms with E-state index in [1.54, 1.807) is 34.1 Å². The molecule has 1 aliphatic rings. The Morgan fingerprint density at radius 3 is 1.96 bits per heavy atom. The van der Waals surface area contributed by atoms with Crippen LogP contribution in [0.2, 0.25) is 10.0 Å². The van der Waals surface area contributed by atoms with Gasteiger partial charge in [0.05, 0.1) is 16.1 Å². The van der Waals surface area contributed by atoms with Crippen molar-refractivity contribution in [3.8, 4) is 0 Å². The number of hydrogen-bond acceptors (Lipinski definition) is 2. The number of hydrogen-bond donors (Lipinski definition) is 0. The number of benzene rings is 2. The van der Waals surface area contributed by atoms with Gasteiger partial charge in [0.2, 0.25) is 0 Å². The zero-order chi connectivity index (χ0) is 18.0. The lowest BCUT2D eigenvalue weighted by Crippen LogP contribution is -2.50. The molecular formula is C18H15BrCl2N2O2. The van der Waals surface area contributed by atoms with Crippen molar-refractivity contribution in [1.82, 2.24) is 9.80 Å². The molecule has 0 aromatic heterocycles. The lowest BCUT2D eigenvalue weighted by Gasteiger charge is -2.35. The summed E-state index contributed by atoms with van der Waals surface area (Å²) in [6, 6.07) is 12.2. The summed E-state index contributed by atoms with van der Waals surface area (Å²) in [5, 5.41) is 0.828. The largest absolute Gasteiger partial charge is 0.335 e. The van der Waals surface area contributed by atoms with Crippen molar-refractivity contribution >= 4 is 50.9 Å². The Hall–Kier alpha value is -1.56. The highest BCUT2D eigenvalue weighted by atomic mass is 79.9. The zero-order valence-corrected chi connectivity index (χ0v) is 16.3. The predicted octanol–water partition coefficient (Wildman–Crippen LogP) is 4.35. The topological polar surface area (TPSA) is 40.6 Å². The van der Waals surface area contributed by atoms with Gasteiger partial charge in [-0.2, -0.15) is 0 Å². The van der Waals surface area contributed by atoms with Crippen LogP contribution in [0.3, 0.4) is 0 Å². The number of piperazine rings is 1. The molecule has 0 atom stereocenters. The third-order valence-electron chi connectivity index (χ3n) is 4.12. The number of rotatable bonds is 2. The number of halogens is 3. The van der Waals surface area contributed by atoms with Crippen LogP contribution in [0.25, 0.3) is 0 Å². The summed E-state index contributed by atoms with van der Waals surface area (Å²) in [5.74, 6) is -0.182. The van der Waals surface area contributed by atoms with Crippen molar-refractivity contribution in [2.24, 2.45) is 0 Å². The quantitative estimate of drug-likeness (QED) is 0.694. The van der Waals surface area contributed by atoms with Crippen molar-refractivity contribution in [3.63, 3.8) is 0 Å². The molecule has 4 nitrogen and oxygen atoms in total. The standard InChI is InChI=1S/C18H15BrCl2N2O2/c19-15-4-2-1-3-13(15)17(24)22-7-9-23(10-8-22)18(25)14-6-5-12(20)11-16(14)21/h1-6,11H,7-10H2. The average Bonchev–Trinajstić information content (AvgIpc) is 2.61. The monoisotopic (exact) mass is 440 g/mol. The summed E-state index contributed by atoms with van der Waals surface area (Å²) in [6.45, 7) is 1.90. The second kappa shape index (κ2) is 7.77. The first-order valence-electron chi connectivity index (χ1n) is 7.75. The SMILES string of the molecule is O=C(c1ccc(Cl)cc1Cl)N1CCN(C(=O)c2ccccc2Br)CC1. The normalized spacial score (nSPS) is 14.5. The highest BCUT2D eigenvalue weighted by molar-refractivity contribution is 9.10. The van der Waals surface area contributed by atoms with Crippen LogP contribution in [-0.4, -0.2) is 47.8 Å². The van der Waals surface area contributed by atoms with Gasteiger partial charge in [0.15, 0.2) is 0 Å². The summed E-state index contributed by atoms with van der Waals surface area (Å²) < 4.78 is 0.770. The molecule has 130 valence electrons. The van der Waals surface area contributed by atoms with Crippen LogP contribution in [0.5, 0.6) is 0 Å². The predicted molar refractivity (Wildman–Crippen MR) is 102 cm³/mol. The first-order valence-corrected chi connectivity index (χ1v) is 9.30. The summed E-state index contributed by atoms with van der Waals surface area (Å²) >= 11 is 15.4. The Morgan fingerprint density at radius 2 is 1.40 bits per heavy atom.